The molecule has 0 saturated carbocycles. The van der Waals surface area contributed by atoms with Gasteiger partial charge in [-0.3, -0.25) is 9.59 Å². The Balaban J connectivity index is 1.74. The van der Waals surface area contributed by atoms with Crippen LogP contribution in [0.3, 0.4) is 0 Å². The molecular weight excluding hydrogens is 418 g/mol. The lowest BCUT2D eigenvalue weighted by Crippen LogP contribution is -2.63. The van der Waals surface area contributed by atoms with Gasteiger partial charge >= 0.3 is 0 Å². The normalized spacial score (nSPS) is 25.6. The molecule has 5 atom stereocenters. The summed E-state index contributed by atoms with van der Waals surface area (Å²) < 4.78 is 11.4. The maximum absolute atomic E-state index is 13.0. The van der Waals surface area contributed by atoms with Crippen LogP contribution in [0.1, 0.15) is 15.9 Å². The standard InChI is InChI=1S/C23H23NO8/c1-11-16(26)13-8-5-9-14(21(13)32-20(11)12-6-3-2-4-7-12)22(30)24-23-19(29)18(28)17(27)15(10-25)31-23/h2-9,15,17-19,23,25,27-29H,10H2,1H3,(H,24,30)/t15-,17-,18+,19-,23-/m1/s1. The van der Waals surface area contributed by atoms with Crippen LogP contribution < -0.4 is 10.7 Å². The molecule has 0 unspecified atom stereocenters. The lowest BCUT2D eigenvalue weighted by Gasteiger charge is -2.40. The van der Waals surface area contributed by atoms with Gasteiger partial charge in [0, 0.05) is 11.1 Å². The Labute approximate surface area is 182 Å². The van der Waals surface area contributed by atoms with Crippen molar-refractivity contribution < 1.29 is 34.4 Å². The maximum atomic E-state index is 13.0. The zero-order chi connectivity index (χ0) is 23.0. The molecule has 1 aromatic heterocycles. The molecule has 1 aliphatic rings. The zero-order valence-corrected chi connectivity index (χ0v) is 17.1. The van der Waals surface area contributed by atoms with E-state index < -0.39 is 43.2 Å². The first-order valence-corrected chi connectivity index (χ1v) is 10.1. The van der Waals surface area contributed by atoms with Gasteiger partial charge in [0.1, 0.15) is 30.2 Å². The number of rotatable bonds is 4. The van der Waals surface area contributed by atoms with Crippen LogP contribution in [0.25, 0.3) is 22.3 Å². The zero-order valence-electron chi connectivity index (χ0n) is 17.1. The van der Waals surface area contributed by atoms with Crippen molar-refractivity contribution >= 4 is 16.9 Å². The van der Waals surface area contributed by atoms with Crippen LogP contribution in [0.4, 0.5) is 0 Å². The monoisotopic (exact) mass is 441 g/mol. The minimum absolute atomic E-state index is 0.0220. The summed E-state index contributed by atoms with van der Waals surface area (Å²) in [5.41, 5.74) is 0.869. The van der Waals surface area contributed by atoms with Crippen LogP contribution in [-0.2, 0) is 4.74 Å². The number of hydrogen-bond donors (Lipinski definition) is 5. The Morgan fingerprint density at radius 1 is 1.00 bits per heavy atom. The van der Waals surface area contributed by atoms with Crippen LogP contribution in [0.15, 0.2) is 57.7 Å². The summed E-state index contributed by atoms with van der Waals surface area (Å²) in [6, 6.07) is 13.5. The summed E-state index contributed by atoms with van der Waals surface area (Å²) >= 11 is 0. The molecule has 9 nitrogen and oxygen atoms in total. The molecule has 0 aliphatic carbocycles. The minimum atomic E-state index is -1.64. The van der Waals surface area contributed by atoms with Gasteiger partial charge in [-0.15, -0.1) is 0 Å². The first-order chi connectivity index (χ1) is 15.3. The molecule has 0 radical (unpaired) electrons. The number of aliphatic hydroxyl groups excluding tert-OH is 4. The maximum Gasteiger partial charge on any atom is 0.257 e. The Hall–Kier alpha value is -3.08. The highest BCUT2D eigenvalue weighted by atomic mass is 16.6. The average molecular weight is 441 g/mol. The van der Waals surface area contributed by atoms with E-state index in [-0.39, 0.29) is 22.0 Å². The fraction of sp³-hybridized carbons (Fsp3) is 0.304. The van der Waals surface area contributed by atoms with Crippen molar-refractivity contribution in [1.29, 1.82) is 0 Å². The van der Waals surface area contributed by atoms with E-state index in [0.29, 0.717) is 16.9 Å². The summed E-state index contributed by atoms with van der Waals surface area (Å²) in [4.78, 5) is 26.0. The fourth-order valence-corrected chi connectivity index (χ4v) is 3.78. The van der Waals surface area contributed by atoms with Crippen LogP contribution in [0.2, 0.25) is 0 Å². The molecule has 3 aromatic rings. The van der Waals surface area contributed by atoms with Gasteiger partial charge in [-0.1, -0.05) is 36.4 Å². The quantitative estimate of drug-likeness (QED) is 0.388. The predicted molar refractivity (Wildman–Crippen MR) is 114 cm³/mol. The fourth-order valence-electron chi connectivity index (χ4n) is 3.78. The highest BCUT2D eigenvalue weighted by Crippen LogP contribution is 2.28. The smallest absolute Gasteiger partial charge is 0.257 e. The lowest BCUT2D eigenvalue weighted by molar-refractivity contribution is -0.233. The second-order valence-electron chi connectivity index (χ2n) is 7.66. The van der Waals surface area contributed by atoms with Gasteiger partial charge in [0.2, 0.25) is 0 Å². The van der Waals surface area contributed by atoms with Gasteiger partial charge in [-0.25, -0.2) is 0 Å². The lowest BCUT2D eigenvalue weighted by atomic mass is 9.98. The van der Waals surface area contributed by atoms with Crippen molar-refractivity contribution in [1.82, 2.24) is 5.32 Å². The third-order valence-corrected chi connectivity index (χ3v) is 5.59. The van der Waals surface area contributed by atoms with E-state index in [1.54, 1.807) is 37.3 Å². The first kappa shape index (κ1) is 22.1. The SMILES string of the molecule is Cc1c(-c2ccccc2)oc2c(C(=O)N[C@@H]3O[C@H](CO)[C@@H](O)[C@H](O)[C@H]3O)cccc2c1=O. The molecule has 1 amide bonds. The Morgan fingerprint density at radius 2 is 1.72 bits per heavy atom. The van der Waals surface area contributed by atoms with Crippen LogP contribution >= 0.6 is 0 Å². The number of ether oxygens (including phenoxy) is 1. The summed E-state index contributed by atoms with van der Waals surface area (Å²) in [7, 11) is 0. The van der Waals surface area contributed by atoms with Crippen molar-refractivity contribution in [3.05, 3.63) is 69.9 Å². The molecule has 2 aromatic carbocycles. The number of benzene rings is 2. The van der Waals surface area contributed by atoms with Gasteiger partial charge in [0.05, 0.1) is 17.6 Å². The minimum Gasteiger partial charge on any atom is -0.455 e. The number of carbonyl (C=O) groups is 1. The summed E-state index contributed by atoms with van der Waals surface area (Å²) in [5.74, 6) is -0.401. The van der Waals surface area contributed by atoms with E-state index in [4.69, 9.17) is 9.15 Å². The molecule has 1 saturated heterocycles. The van der Waals surface area contributed by atoms with Gasteiger partial charge in [0.15, 0.2) is 17.2 Å². The highest BCUT2D eigenvalue weighted by molar-refractivity contribution is 6.05. The van der Waals surface area contributed by atoms with E-state index in [9.17, 15) is 30.0 Å². The Morgan fingerprint density at radius 3 is 2.41 bits per heavy atom. The third-order valence-electron chi connectivity index (χ3n) is 5.59. The largest absolute Gasteiger partial charge is 0.455 e. The molecule has 2 heterocycles. The van der Waals surface area contributed by atoms with Crippen LogP contribution in [0.5, 0.6) is 0 Å². The van der Waals surface area contributed by atoms with E-state index in [1.807, 2.05) is 6.07 Å². The molecule has 1 aliphatic heterocycles. The highest BCUT2D eigenvalue weighted by Gasteiger charge is 2.44. The Kier molecular flexibility index (Phi) is 6.09. The van der Waals surface area contributed by atoms with Crippen molar-refractivity contribution in [3.8, 4) is 11.3 Å². The molecule has 168 valence electrons. The molecule has 5 N–H and O–H groups in total. The van der Waals surface area contributed by atoms with E-state index >= 15 is 0 Å². The molecular formula is C23H23NO8. The number of aliphatic hydroxyl groups is 4. The van der Waals surface area contributed by atoms with Crippen molar-refractivity contribution in [2.45, 2.75) is 37.6 Å². The second-order valence-corrected chi connectivity index (χ2v) is 7.66. The first-order valence-electron chi connectivity index (χ1n) is 10.1. The third kappa shape index (κ3) is 3.81. The second kappa shape index (κ2) is 8.81. The number of amides is 1. The summed E-state index contributed by atoms with van der Waals surface area (Å²) in [6.45, 7) is 1.02. The number of fused-ring (bicyclic) bond motifs is 1. The van der Waals surface area contributed by atoms with Gasteiger partial charge in [0.25, 0.3) is 5.91 Å². The van der Waals surface area contributed by atoms with Crippen LogP contribution in [-0.4, -0.2) is 63.6 Å². The van der Waals surface area contributed by atoms with Gasteiger partial charge < -0.3 is 34.9 Å². The van der Waals surface area contributed by atoms with Crippen molar-refractivity contribution in [2.24, 2.45) is 0 Å². The Bertz CT molecular complexity index is 1190. The van der Waals surface area contributed by atoms with Crippen LogP contribution in [0, 0.1) is 6.92 Å². The summed E-state index contributed by atoms with van der Waals surface area (Å²) in [5, 5.41) is 42.0. The topological polar surface area (TPSA) is 149 Å². The number of hydrogen-bond acceptors (Lipinski definition) is 8. The molecule has 0 spiro atoms. The number of para-hydroxylation sites is 1. The van der Waals surface area contributed by atoms with Crippen molar-refractivity contribution in [2.75, 3.05) is 6.61 Å². The molecule has 9 heteroatoms. The number of carbonyl (C=O) groups excluding carboxylic acids is 1. The van der Waals surface area contributed by atoms with Gasteiger partial charge in [-0.2, -0.15) is 0 Å². The van der Waals surface area contributed by atoms with E-state index in [0.717, 1.165) is 0 Å². The van der Waals surface area contributed by atoms with Gasteiger partial charge in [-0.05, 0) is 19.1 Å². The van der Waals surface area contributed by atoms with E-state index in [1.165, 1.54) is 12.1 Å². The molecule has 32 heavy (non-hydrogen) atoms. The number of nitrogens with one attached hydrogen (secondary N) is 1. The average Bonchev–Trinajstić information content (AvgIpc) is 2.81. The van der Waals surface area contributed by atoms with Crippen molar-refractivity contribution in [3.63, 3.8) is 0 Å². The molecule has 4 rings (SSSR count). The molecule has 1 fully saturated rings. The summed E-state index contributed by atoms with van der Waals surface area (Å²) in [6.07, 6.45) is -7.39. The van der Waals surface area contributed by atoms with E-state index in [2.05, 4.69) is 5.32 Å². The molecule has 0 bridgehead atoms. The predicted octanol–water partition coefficient (Wildman–Crippen LogP) is 0.298.